The van der Waals surface area contributed by atoms with E-state index in [1.54, 1.807) is 21.6 Å². The van der Waals surface area contributed by atoms with Crippen molar-refractivity contribution in [1.29, 1.82) is 0 Å². The highest BCUT2D eigenvalue weighted by Crippen LogP contribution is 2.19. The number of nitrogens with one attached hydrogen (secondary N) is 2. The second-order valence-electron chi connectivity index (χ2n) is 6.48. The number of rotatable bonds is 13. The molecule has 0 atom stereocenters. The Morgan fingerprint density at radius 1 is 0.800 bits per heavy atom. The molecule has 0 spiro atoms. The van der Waals surface area contributed by atoms with Crippen LogP contribution in [0.3, 0.4) is 0 Å². The summed E-state index contributed by atoms with van der Waals surface area (Å²) in [6.45, 7) is 0.998. The van der Waals surface area contributed by atoms with Crippen LogP contribution in [-0.4, -0.2) is 71.2 Å². The first-order valence-electron chi connectivity index (χ1n) is 9.45. The summed E-state index contributed by atoms with van der Waals surface area (Å²) >= 11 is 0. The van der Waals surface area contributed by atoms with Gasteiger partial charge < -0.3 is 10.6 Å². The zero-order valence-corrected chi connectivity index (χ0v) is 17.9. The summed E-state index contributed by atoms with van der Waals surface area (Å²) < 4.78 is 0. The maximum atomic E-state index is 11.8. The number of imide groups is 1. The Morgan fingerprint density at radius 2 is 1.30 bits per heavy atom. The lowest BCUT2D eigenvalue weighted by atomic mass is 9.99. The number of ketones is 2. The van der Waals surface area contributed by atoms with E-state index in [4.69, 9.17) is 0 Å². The van der Waals surface area contributed by atoms with E-state index >= 15 is 0 Å². The van der Waals surface area contributed by atoms with Crippen molar-refractivity contribution >= 4 is 56.8 Å². The van der Waals surface area contributed by atoms with Gasteiger partial charge in [0, 0.05) is 56.1 Å². The maximum Gasteiger partial charge on any atom is 0.253 e. The summed E-state index contributed by atoms with van der Waals surface area (Å²) in [5.41, 5.74) is 0. The van der Waals surface area contributed by atoms with E-state index in [-0.39, 0.29) is 49.2 Å². The van der Waals surface area contributed by atoms with E-state index in [9.17, 15) is 28.8 Å². The second-order valence-corrected chi connectivity index (χ2v) is 9.19. The van der Waals surface area contributed by atoms with Crippen molar-refractivity contribution in [2.45, 2.75) is 19.3 Å². The molecule has 0 aromatic heterocycles. The molecule has 0 saturated heterocycles. The highest BCUT2D eigenvalue weighted by molar-refractivity contribution is 8.76. The summed E-state index contributed by atoms with van der Waals surface area (Å²) in [4.78, 5) is 70.1. The number of hydrogen-bond donors (Lipinski definition) is 2. The van der Waals surface area contributed by atoms with Gasteiger partial charge in [0.15, 0.2) is 11.6 Å². The van der Waals surface area contributed by atoms with Crippen molar-refractivity contribution in [3.63, 3.8) is 0 Å². The molecule has 2 aliphatic rings. The molecular formula is C19H23N3O6S2. The molecular weight excluding hydrogens is 430 g/mol. The SMILES string of the molecule is O=C(CCC1C(=O)C=CC1=O)NCCSSCCNC(=O)CCN1C(=O)C=CC1=O. The Kier molecular flexibility index (Phi) is 9.81. The lowest BCUT2D eigenvalue weighted by Gasteiger charge is -2.13. The van der Waals surface area contributed by atoms with Crippen molar-refractivity contribution in [3.05, 3.63) is 24.3 Å². The van der Waals surface area contributed by atoms with E-state index in [2.05, 4.69) is 10.6 Å². The molecule has 1 aliphatic carbocycles. The van der Waals surface area contributed by atoms with Gasteiger partial charge in [-0.3, -0.25) is 33.7 Å². The first-order valence-corrected chi connectivity index (χ1v) is 11.9. The molecule has 0 saturated carbocycles. The van der Waals surface area contributed by atoms with Crippen LogP contribution in [0.25, 0.3) is 0 Å². The van der Waals surface area contributed by atoms with Crippen LogP contribution in [0.4, 0.5) is 0 Å². The molecule has 0 aromatic carbocycles. The molecule has 2 N–H and O–H groups in total. The zero-order valence-electron chi connectivity index (χ0n) is 16.3. The Hall–Kier alpha value is -2.40. The van der Waals surface area contributed by atoms with Crippen molar-refractivity contribution in [2.24, 2.45) is 5.92 Å². The Bertz CT molecular complexity index is 680. The molecule has 9 nitrogen and oxygen atoms in total. The van der Waals surface area contributed by atoms with Crippen molar-refractivity contribution in [3.8, 4) is 0 Å². The molecule has 11 heteroatoms. The Labute approximate surface area is 181 Å². The van der Waals surface area contributed by atoms with Gasteiger partial charge >= 0.3 is 0 Å². The number of nitrogens with zero attached hydrogens (tertiary/aromatic N) is 1. The van der Waals surface area contributed by atoms with Crippen molar-refractivity contribution < 1.29 is 28.8 Å². The predicted molar refractivity (Wildman–Crippen MR) is 113 cm³/mol. The molecule has 4 amide bonds. The van der Waals surface area contributed by atoms with Gasteiger partial charge in [-0.05, 0) is 18.6 Å². The van der Waals surface area contributed by atoms with Gasteiger partial charge in [0.25, 0.3) is 11.8 Å². The standard InChI is InChI=1S/C19H23N3O6S2/c23-14-2-3-15(24)13(14)1-4-16(25)20-8-11-29-30-12-9-21-17(26)7-10-22-18(27)5-6-19(22)28/h2-3,5-6,13H,1,4,7-12H2,(H,20,25)(H,21,26). The van der Waals surface area contributed by atoms with Gasteiger partial charge in [-0.2, -0.15) is 0 Å². The smallest absolute Gasteiger partial charge is 0.253 e. The fourth-order valence-corrected chi connectivity index (χ4v) is 4.53. The summed E-state index contributed by atoms with van der Waals surface area (Å²) in [5, 5.41) is 5.47. The fourth-order valence-electron chi connectivity index (χ4n) is 2.72. The molecule has 0 fully saturated rings. The van der Waals surface area contributed by atoms with Crippen LogP contribution in [0.1, 0.15) is 19.3 Å². The third kappa shape index (κ3) is 7.79. The number of hydrogen-bond acceptors (Lipinski definition) is 8. The van der Waals surface area contributed by atoms with Gasteiger partial charge in [0.1, 0.15) is 0 Å². The molecule has 0 radical (unpaired) electrons. The minimum absolute atomic E-state index is 0.0666. The molecule has 0 unspecified atom stereocenters. The lowest BCUT2D eigenvalue weighted by Crippen LogP contribution is -2.35. The summed E-state index contributed by atoms with van der Waals surface area (Å²) in [7, 11) is 3.10. The topological polar surface area (TPSA) is 130 Å². The van der Waals surface area contributed by atoms with Crippen LogP contribution in [0.2, 0.25) is 0 Å². The van der Waals surface area contributed by atoms with Gasteiger partial charge in [-0.25, -0.2) is 0 Å². The lowest BCUT2D eigenvalue weighted by molar-refractivity contribution is -0.137. The fraction of sp³-hybridized carbons (Fsp3) is 0.474. The molecule has 1 heterocycles. The third-order valence-corrected chi connectivity index (χ3v) is 6.73. The largest absolute Gasteiger partial charge is 0.355 e. The molecule has 1 aliphatic heterocycles. The van der Waals surface area contributed by atoms with E-state index in [0.717, 1.165) is 4.90 Å². The number of carbonyl (C=O) groups is 6. The molecule has 0 bridgehead atoms. The van der Waals surface area contributed by atoms with Crippen LogP contribution in [0.15, 0.2) is 24.3 Å². The van der Waals surface area contributed by atoms with E-state index in [0.29, 0.717) is 24.6 Å². The minimum Gasteiger partial charge on any atom is -0.355 e. The van der Waals surface area contributed by atoms with Gasteiger partial charge in [0.05, 0.1) is 5.92 Å². The quantitative estimate of drug-likeness (QED) is 0.173. The molecule has 162 valence electrons. The summed E-state index contributed by atoms with van der Waals surface area (Å²) in [5.74, 6) is -1.03. The molecule has 0 aromatic rings. The van der Waals surface area contributed by atoms with Crippen molar-refractivity contribution in [2.75, 3.05) is 31.1 Å². The predicted octanol–water partition coefficient (Wildman–Crippen LogP) is 0.0197. The minimum atomic E-state index is -0.705. The first kappa shape index (κ1) is 23.9. The Balaban J connectivity index is 1.41. The maximum absolute atomic E-state index is 11.8. The first-order chi connectivity index (χ1) is 14.4. The van der Waals surface area contributed by atoms with Crippen LogP contribution in [0.5, 0.6) is 0 Å². The second kappa shape index (κ2) is 12.3. The average Bonchev–Trinajstić information content (AvgIpc) is 3.21. The average molecular weight is 454 g/mol. The molecule has 30 heavy (non-hydrogen) atoms. The molecule has 2 rings (SSSR count). The normalized spacial score (nSPS) is 16.1. The van der Waals surface area contributed by atoms with E-state index in [1.165, 1.54) is 24.3 Å². The zero-order chi connectivity index (χ0) is 21.9. The van der Waals surface area contributed by atoms with E-state index in [1.807, 2.05) is 0 Å². The highest BCUT2D eigenvalue weighted by atomic mass is 33.1. The van der Waals surface area contributed by atoms with Crippen molar-refractivity contribution in [1.82, 2.24) is 15.5 Å². The van der Waals surface area contributed by atoms with Gasteiger partial charge in [-0.1, -0.05) is 21.6 Å². The number of carbonyl (C=O) groups excluding carboxylic acids is 6. The van der Waals surface area contributed by atoms with Crippen LogP contribution in [-0.2, 0) is 28.8 Å². The third-order valence-electron chi connectivity index (χ3n) is 4.32. The van der Waals surface area contributed by atoms with Crippen LogP contribution >= 0.6 is 21.6 Å². The number of allylic oxidation sites excluding steroid dienone is 2. The highest BCUT2D eigenvalue weighted by Gasteiger charge is 2.28. The summed E-state index contributed by atoms with van der Waals surface area (Å²) in [6.07, 6.45) is 5.32. The van der Waals surface area contributed by atoms with Gasteiger partial charge in [-0.15, -0.1) is 0 Å². The van der Waals surface area contributed by atoms with Crippen LogP contribution in [0, 0.1) is 5.92 Å². The number of amides is 4. The van der Waals surface area contributed by atoms with Gasteiger partial charge in [0.2, 0.25) is 11.8 Å². The van der Waals surface area contributed by atoms with Crippen LogP contribution < -0.4 is 10.6 Å². The summed E-state index contributed by atoms with van der Waals surface area (Å²) in [6, 6.07) is 0. The monoisotopic (exact) mass is 453 g/mol. The van der Waals surface area contributed by atoms with E-state index < -0.39 is 17.7 Å². The Morgan fingerprint density at radius 3 is 1.83 bits per heavy atom.